The largest absolute Gasteiger partial charge is 0.366 e. The first-order chi connectivity index (χ1) is 7.60. The smallest absolute Gasteiger partial charge is 0.0923 e. The minimum Gasteiger partial charge on any atom is -0.366 e. The molecule has 0 aromatic rings. The van der Waals surface area contributed by atoms with E-state index in [1.54, 1.807) is 0 Å². The molecule has 0 aromatic heterocycles. The van der Waals surface area contributed by atoms with Crippen molar-refractivity contribution < 1.29 is 4.74 Å². The number of ether oxygens (including phenoxy) is 1. The van der Waals surface area contributed by atoms with E-state index in [2.05, 4.69) is 32.9 Å². The first-order valence-electron chi connectivity index (χ1n) is 6.59. The van der Waals surface area contributed by atoms with Crippen LogP contribution in [0.5, 0.6) is 0 Å². The van der Waals surface area contributed by atoms with Crippen molar-refractivity contribution in [3.8, 4) is 0 Å². The van der Waals surface area contributed by atoms with E-state index in [1.807, 2.05) is 0 Å². The van der Waals surface area contributed by atoms with E-state index in [0.29, 0.717) is 6.10 Å². The van der Waals surface area contributed by atoms with Gasteiger partial charge in [0, 0.05) is 0 Å². The summed E-state index contributed by atoms with van der Waals surface area (Å²) >= 11 is 0. The number of hydrogen-bond donors (Lipinski definition) is 0. The number of rotatable bonds is 0. The van der Waals surface area contributed by atoms with Crippen molar-refractivity contribution in [2.24, 2.45) is 0 Å². The summed E-state index contributed by atoms with van der Waals surface area (Å²) < 4.78 is 5.85. The SMILES string of the molecule is C/C1=C/CCC2OC2(C)CC/C(C)=C\CC1. The average Bonchev–Trinajstić information content (AvgIpc) is 2.86. The van der Waals surface area contributed by atoms with E-state index in [0.717, 1.165) is 0 Å². The lowest BCUT2D eigenvalue weighted by molar-refractivity contribution is 0.294. The Kier molecular flexibility index (Phi) is 3.53. The maximum absolute atomic E-state index is 5.85. The normalized spacial score (nSPS) is 42.8. The summed E-state index contributed by atoms with van der Waals surface area (Å²) in [6.45, 7) is 6.78. The lowest BCUT2D eigenvalue weighted by atomic mass is 9.94. The Hall–Kier alpha value is -0.560. The maximum Gasteiger partial charge on any atom is 0.0923 e. The van der Waals surface area contributed by atoms with Crippen LogP contribution in [0.3, 0.4) is 0 Å². The molecule has 90 valence electrons. The van der Waals surface area contributed by atoms with Crippen molar-refractivity contribution >= 4 is 0 Å². The second kappa shape index (κ2) is 4.75. The van der Waals surface area contributed by atoms with Crippen molar-refractivity contribution in [3.63, 3.8) is 0 Å². The highest BCUT2D eigenvalue weighted by Gasteiger charge is 2.50. The minimum atomic E-state index is 0.191. The standard InChI is InChI=1S/C15H24O/c1-12-6-4-7-13(2)10-11-15(3)14(16-15)9-5-8-12/h7-8,14H,4-6,9-11H2,1-3H3/b12-8-,13-7-. The summed E-state index contributed by atoms with van der Waals surface area (Å²) in [7, 11) is 0. The monoisotopic (exact) mass is 220 g/mol. The van der Waals surface area contributed by atoms with Crippen LogP contribution in [0.15, 0.2) is 23.3 Å². The first kappa shape index (κ1) is 11.9. The van der Waals surface area contributed by atoms with Crippen molar-refractivity contribution in [1.82, 2.24) is 0 Å². The minimum absolute atomic E-state index is 0.191. The van der Waals surface area contributed by atoms with Crippen molar-refractivity contribution in [3.05, 3.63) is 23.3 Å². The van der Waals surface area contributed by atoms with Crippen LogP contribution >= 0.6 is 0 Å². The molecule has 1 nitrogen and oxygen atoms in total. The highest BCUT2D eigenvalue weighted by Crippen LogP contribution is 2.43. The van der Waals surface area contributed by atoms with E-state index in [1.165, 1.54) is 49.7 Å². The number of epoxide rings is 1. The molecular weight excluding hydrogens is 196 g/mol. The third-order valence-corrected chi connectivity index (χ3v) is 4.00. The fourth-order valence-electron chi connectivity index (χ4n) is 2.55. The van der Waals surface area contributed by atoms with Crippen LogP contribution in [0.2, 0.25) is 0 Å². The number of allylic oxidation sites excluding steroid dienone is 4. The van der Waals surface area contributed by atoms with Crippen LogP contribution in [-0.4, -0.2) is 11.7 Å². The maximum atomic E-state index is 5.85. The van der Waals surface area contributed by atoms with Gasteiger partial charge in [-0.2, -0.15) is 0 Å². The van der Waals surface area contributed by atoms with Crippen LogP contribution < -0.4 is 0 Å². The molecule has 1 aliphatic carbocycles. The Balaban J connectivity index is 1.99. The van der Waals surface area contributed by atoms with Gasteiger partial charge in [0.05, 0.1) is 11.7 Å². The fourth-order valence-corrected chi connectivity index (χ4v) is 2.55. The van der Waals surface area contributed by atoms with Crippen molar-refractivity contribution in [1.29, 1.82) is 0 Å². The molecule has 0 bridgehead atoms. The Morgan fingerprint density at radius 3 is 2.62 bits per heavy atom. The summed E-state index contributed by atoms with van der Waals surface area (Å²) in [4.78, 5) is 0. The molecule has 0 saturated carbocycles. The number of fused-ring (bicyclic) bond motifs is 1. The van der Waals surface area contributed by atoms with Crippen LogP contribution in [0, 0.1) is 0 Å². The van der Waals surface area contributed by atoms with Gasteiger partial charge in [0.1, 0.15) is 0 Å². The lowest BCUT2D eigenvalue weighted by Crippen LogP contribution is -2.10. The molecule has 0 spiro atoms. The summed E-state index contributed by atoms with van der Waals surface area (Å²) in [5.74, 6) is 0. The van der Waals surface area contributed by atoms with Crippen LogP contribution in [0.4, 0.5) is 0 Å². The molecule has 1 fully saturated rings. The van der Waals surface area contributed by atoms with E-state index >= 15 is 0 Å². The van der Waals surface area contributed by atoms with Gasteiger partial charge >= 0.3 is 0 Å². The fraction of sp³-hybridized carbons (Fsp3) is 0.733. The van der Waals surface area contributed by atoms with Gasteiger partial charge in [0.15, 0.2) is 0 Å². The van der Waals surface area contributed by atoms with Crippen LogP contribution in [0.1, 0.15) is 59.3 Å². The molecule has 2 unspecified atom stereocenters. The Bertz CT molecular complexity index is 313. The molecule has 0 N–H and O–H groups in total. The predicted octanol–water partition coefficient (Wildman–Crippen LogP) is 4.39. The molecule has 0 aromatic carbocycles. The van der Waals surface area contributed by atoms with Gasteiger partial charge in [-0.25, -0.2) is 0 Å². The summed E-state index contributed by atoms with van der Waals surface area (Å²) in [5.41, 5.74) is 3.26. The molecule has 2 atom stereocenters. The van der Waals surface area contributed by atoms with E-state index in [4.69, 9.17) is 4.74 Å². The van der Waals surface area contributed by atoms with Gasteiger partial charge in [-0.1, -0.05) is 23.3 Å². The van der Waals surface area contributed by atoms with E-state index in [-0.39, 0.29) is 5.60 Å². The van der Waals surface area contributed by atoms with Crippen molar-refractivity contribution in [2.75, 3.05) is 0 Å². The quantitative estimate of drug-likeness (QED) is 0.435. The predicted molar refractivity (Wildman–Crippen MR) is 68.5 cm³/mol. The second-order valence-electron chi connectivity index (χ2n) is 5.64. The summed E-state index contributed by atoms with van der Waals surface area (Å²) in [5, 5.41) is 0. The summed E-state index contributed by atoms with van der Waals surface area (Å²) in [6, 6.07) is 0. The van der Waals surface area contributed by atoms with Crippen molar-refractivity contribution in [2.45, 2.75) is 71.0 Å². The van der Waals surface area contributed by atoms with Gasteiger partial charge in [-0.15, -0.1) is 0 Å². The molecule has 1 heterocycles. The molecule has 16 heavy (non-hydrogen) atoms. The zero-order valence-corrected chi connectivity index (χ0v) is 10.9. The summed E-state index contributed by atoms with van der Waals surface area (Å²) in [6.07, 6.45) is 12.5. The highest BCUT2D eigenvalue weighted by atomic mass is 16.6. The van der Waals surface area contributed by atoms with E-state index in [9.17, 15) is 0 Å². The molecule has 0 radical (unpaired) electrons. The molecule has 1 aliphatic heterocycles. The third kappa shape index (κ3) is 2.98. The Morgan fingerprint density at radius 2 is 1.81 bits per heavy atom. The molecule has 2 rings (SSSR count). The van der Waals surface area contributed by atoms with Crippen LogP contribution in [0.25, 0.3) is 0 Å². The highest BCUT2D eigenvalue weighted by molar-refractivity contribution is 5.09. The molecular formula is C15H24O. The third-order valence-electron chi connectivity index (χ3n) is 4.00. The Labute approximate surface area is 99.6 Å². The first-order valence-corrected chi connectivity index (χ1v) is 6.59. The van der Waals surface area contributed by atoms with Gasteiger partial charge in [0.2, 0.25) is 0 Å². The zero-order chi connectivity index (χ0) is 11.6. The second-order valence-corrected chi connectivity index (χ2v) is 5.64. The average molecular weight is 220 g/mol. The topological polar surface area (TPSA) is 12.5 Å². The Morgan fingerprint density at radius 1 is 1.12 bits per heavy atom. The van der Waals surface area contributed by atoms with Gasteiger partial charge in [0.25, 0.3) is 0 Å². The van der Waals surface area contributed by atoms with Gasteiger partial charge in [-0.05, 0) is 59.3 Å². The molecule has 1 saturated heterocycles. The van der Waals surface area contributed by atoms with Gasteiger partial charge in [-0.3, -0.25) is 0 Å². The molecule has 1 heteroatoms. The van der Waals surface area contributed by atoms with E-state index < -0.39 is 0 Å². The van der Waals surface area contributed by atoms with Crippen LogP contribution in [-0.2, 0) is 4.74 Å². The number of hydrogen-bond acceptors (Lipinski definition) is 1. The lowest BCUT2D eigenvalue weighted by Gasteiger charge is -2.08. The van der Waals surface area contributed by atoms with Gasteiger partial charge < -0.3 is 4.74 Å². The molecule has 0 amide bonds. The zero-order valence-electron chi connectivity index (χ0n) is 10.9. The molecule has 2 aliphatic rings.